The molecule has 1 N–H and O–H groups in total. The van der Waals surface area contributed by atoms with E-state index in [0.29, 0.717) is 28.1 Å². The predicted molar refractivity (Wildman–Crippen MR) is 107 cm³/mol. The van der Waals surface area contributed by atoms with Crippen LogP contribution in [-0.2, 0) is 18.4 Å². The highest BCUT2D eigenvalue weighted by molar-refractivity contribution is 5.84. The van der Waals surface area contributed by atoms with Gasteiger partial charge in [0.15, 0.2) is 0 Å². The van der Waals surface area contributed by atoms with Gasteiger partial charge in [0, 0.05) is 18.5 Å². The minimum absolute atomic E-state index is 0.230. The van der Waals surface area contributed by atoms with Crippen LogP contribution in [0.15, 0.2) is 23.0 Å². The van der Waals surface area contributed by atoms with Gasteiger partial charge in [0.25, 0.3) is 5.56 Å². The van der Waals surface area contributed by atoms with Gasteiger partial charge in [-0.05, 0) is 45.2 Å². The van der Waals surface area contributed by atoms with E-state index in [1.807, 2.05) is 0 Å². The lowest BCUT2D eigenvalue weighted by atomic mass is 10.1. The molecular formula is C21H24FN5O2. The highest BCUT2D eigenvalue weighted by Crippen LogP contribution is 2.41. The number of aromatic nitrogens is 4. The number of hydrogen-bond donors (Lipinski definition) is 1. The van der Waals surface area contributed by atoms with Crippen LogP contribution < -0.4 is 10.9 Å². The lowest BCUT2D eigenvalue weighted by Crippen LogP contribution is -2.35. The van der Waals surface area contributed by atoms with Gasteiger partial charge >= 0.3 is 0 Å². The molecule has 2 heterocycles. The smallest absolute Gasteiger partial charge is 0.278 e. The van der Waals surface area contributed by atoms with Crippen molar-refractivity contribution in [2.75, 3.05) is 0 Å². The normalized spacial score (nSPS) is 14.9. The minimum Gasteiger partial charge on any atom is -0.348 e. The van der Waals surface area contributed by atoms with Crippen LogP contribution in [0.25, 0.3) is 10.9 Å². The molecule has 7 nitrogen and oxygen atoms in total. The Morgan fingerprint density at radius 3 is 2.69 bits per heavy atom. The molecule has 152 valence electrons. The Kier molecular flexibility index (Phi) is 4.72. The van der Waals surface area contributed by atoms with Crippen molar-refractivity contribution < 1.29 is 9.18 Å². The molecule has 1 amide bonds. The molecule has 0 bridgehead atoms. The number of nitrogens with one attached hydrogen (secondary N) is 1. The Bertz CT molecular complexity index is 1180. The van der Waals surface area contributed by atoms with E-state index in [4.69, 9.17) is 0 Å². The molecular weight excluding hydrogens is 373 g/mol. The number of carbonyl (C=O) groups is 1. The number of aryl methyl sites for hydroxylation is 3. The van der Waals surface area contributed by atoms with Gasteiger partial charge < -0.3 is 5.32 Å². The molecule has 29 heavy (non-hydrogen) atoms. The molecule has 0 radical (unpaired) electrons. The summed E-state index contributed by atoms with van der Waals surface area (Å²) in [4.78, 5) is 25.6. The SMILES string of the molecule is Cc1ccc(C(C)NC(=O)Cn2nc(C)c3c(c(C4CC4)nn3C)c2=O)c(F)c1. The molecule has 0 aliphatic heterocycles. The Hall–Kier alpha value is -3.03. The summed E-state index contributed by atoms with van der Waals surface area (Å²) < 4.78 is 17.0. The first-order valence-electron chi connectivity index (χ1n) is 9.76. The second kappa shape index (κ2) is 7.09. The lowest BCUT2D eigenvalue weighted by molar-refractivity contribution is -0.122. The van der Waals surface area contributed by atoms with E-state index in [-0.39, 0.29) is 17.9 Å². The number of rotatable bonds is 5. The van der Waals surface area contributed by atoms with Gasteiger partial charge in [-0.25, -0.2) is 9.07 Å². The lowest BCUT2D eigenvalue weighted by Gasteiger charge is -2.16. The van der Waals surface area contributed by atoms with E-state index in [1.165, 1.54) is 10.7 Å². The molecule has 1 aliphatic carbocycles. The van der Waals surface area contributed by atoms with Gasteiger partial charge in [-0.3, -0.25) is 14.3 Å². The summed E-state index contributed by atoms with van der Waals surface area (Å²) in [6.45, 7) is 5.09. The van der Waals surface area contributed by atoms with Crippen LogP contribution in [0.2, 0.25) is 0 Å². The summed E-state index contributed by atoms with van der Waals surface area (Å²) in [7, 11) is 1.80. The van der Waals surface area contributed by atoms with Crippen molar-refractivity contribution in [3.63, 3.8) is 0 Å². The number of carbonyl (C=O) groups excluding carboxylic acids is 1. The van der Waals surface area contributed by atoms with E-state index in [9.17, 15) is 14.0 Å². The maximum absolute atomic E-state index is 14.2. The van der Waals surface area contributed by atoms with Gasteiger partial charge in [0.1, 0.15) is 12.4 Å². The van der Waals surface area contributed by atoms with E-state index in [1.54, 1.807) is 44.6 Å². The number of nitrogens with zero attached hydrogens (tertiary/aromatic N) is 4. The van der Waals surface area contributed by atoms with Crippen molar-refractivity contribution in [1.29, 1.82) is 0 Å². The third kappa shape index (κ3) is 3.54. The van der Waals surface area contributed by atoms with Gasteiger partial charge in [0.2, 0.25) is 5.91 Å². The predicted octanol–water partition coefficient (Wildman–Crippen LogP) is 2.64. The average molecular weight is 397 g/mol. The molecule has 8 heteroatoms. The third-order valence-corrected chi connectivity index (χ3v) is 5.39. The van der Waals surface area contributed by atoms with Crippen molar-refractivity contribution in [2.24, 2.45) is 7.05 Å². The molecule has 4 rings (SSSR count). The number of amides is 1. The van der Waals surface area contributed by atoms with Gasteiger partial charge in [-0.15, -0.1) is 0 Å². The monoisotopic (exact) mass is 397 g/mol. The molecule has 1 aromatic carbocycles. The second-order valence-electron chi connectivity index (χ2n) is 7.87. The quantitative estimate of drug-likeness (QED) is 0.718. The summed E-state index contributed by atoms with van der Waals surface area (Å²) in [5.41, 5.74) is 3.05. The molecule has 0 spiro atoms. The standard InChI is InChI=1S/C21H24FN5O2/c1-11-5-8-15(16(22)9-11)12(2)23-17(28)10-27-21(29)18-19(14-6-7-14)25-26(4)20(18)13(3)24-27/h5,8-9,12,14H,6-7,10H2,1-4H3,(H,23,28). The van der Waals surface area contributed by atoms with Crippen molar-refractivity contribution in [2.45, 2.75) is 52.1 Å². The van der Waals surface area contributed by atoms with Gasteiger partial charge in [0.05, 0.1) is 28.3 Å². The van der Waals surface area contributed by atoms with Crippen LogP contribution in [0.1, 0.15) is 54.2 Å². The number of hydrogen-bond acceptors (Lipinski definition) is 4. The molecule has 1 fully saturated rings. The van der Waals surface area contributed by atoms with Crippen LogP contribution in [0, 0.1) is 19.7 Å². The molecule has 1 atom stereocenters. The first-order valence-corrected chi connectivity index (χ1v) is 9.76. The maximum atomic E-state index is 14.2. The fourth-order valence-electron chi connectivity index (χ4n) is 3.81. The highest BCUT2D eigenvalue weighted by atomic mass is 19.1. The summed E-state index contributed by atoms with van der Waals surface area (Å²) in [6, 6.07) is 4.37. The largest absolute Gasteiger partial charge is 0.348 e. The van der Waals surface area contributed by atoms with Crippen LogP contribution in [-0.4, -0.2) is 25.5 Å². The maximum Gasteiger partial charge on any atom is 0.278 e. The number of halogens is 1. The molecule has 1 aliphatic rings. The third-order valence-electron chi connectivity index (χ3n) is 5.39. The first-order chi connectivity index (χ1) is 13.8. The van der Waals surface area contributed by atoms with Crippen molar-refractivity contribution in [3.8, 4) is 0 Å². The minimum atomic E-state index is -0.524. The van der Waals surface area contributed by atoms with E-state index >= 15 is 0 Å². The van der Waals surface area contributed by atoms with E-state index < -0.39 is 11.9 Å². The topological polar surface area (TPSA) is 81.8 Å². The molecule has 2 aromatic heterocycles. The van der Waals surface area contributed by atoms with Crippen LogP contribution in [0.3, 0.4) is 0 Å². The van der Waals surface area contributed by atoms with Crippen molar-refractivity contribution in [3.05, 3.63) is 56.9 Å². The zero-order chi connectivity index (χ0) is 20.9. The fraction of sp³-hybridized carbons (Fsp3) is 0.429. The Balaban J connectivity index is 1.60. The Morgan fingerprint density at radius 1 is 1.31 bits per heavy atom. The molecule has 3 aromatic rings. The summed E-state index contributed by atoms with van der Waals surface area (Å²) in [6.07, 6.45) is 2.04. The van der Waals surface area contributed by atoms with Crippen LogP contribution in [0.4, 0.5) is 4.39 Å². The van der Waals surface area contributed by atoms with Crippen molar-refractivity contribution >= 4 is 16.8 Å². The molecule has 1 unspecified atom stereocenters. The Labute approximate surface area is 167 Å². The zero-order valence-electron chi connectivity index (χ0n) is 17.0. The molecule has 1 saturated carbocycles. The van der Waals surface area contributed by atoms with Gasteiger partial charge in [-0.1, -0.05) is 12.1 Å². The van der Waals surface area contributed by atoms with Gasteiger partial charge in [-0.2, -0.15) is 10.2 Å². The summed E-state index contributed by atoms with van der Waals surface area (Å²) in [5.74, 6) is -0.461. The first kappa shape index (κ1) is 19.3. The van der Waals surface area contributed by atoms with E-state index in [0.717, 1.165) is 24.1 Å². The number of fused-ring (bicyclic) bond motifs is 1. The fourth-order valence-corrected chi connectivity index (χ4v) is 3.81. The zero-order valence-corrected chi connectivity index (χ0v) is 17.0. The molecule has 0 saturated heterocycles. The summed E-state index contributed by atoms with van der Waals surface area (Å²) >= 11 is 0. The second-order valence-corrected chi connectivity index (χ2v) is 7.87. The Morgan fingerprint density at radius 2 is 2.03 bits per heavy atom. The van der Waals surface area contributed by atoms with Crippen molar-refractivity contribution in [1.82, 2.24) is 24.9 Å². The highest BCUT2D eigenvalue weighted by Gasteiger charge is 2.31. The van der Waals surface area contributed by atoms with E-state index in [2.05, 4.69) is 15.5 Å². The summed E-state index contributed by atoms with van der Waals surface area (Å²) in [5, 5.41) is 12.1. The van der Waals surface area contributed by atoms with Crippen LogP contribution >= 0.6 is 0 Å². The average Bonchev–Trinajstić information content (AvgIpc) is 3.41. The number of benzene rings is 1. The van der Waals surface area contributed by atoms with Crippen LogP contribution in [0.5, 0.6) is 0 Å².